The lowest BCUT2D eigenvalue weighted by atomic mass is 9.94. The maximum atomic E-state index is 6.14. The molecule has 0 aliphatic rings. The maximum absolute atomic E-state index is 6.14. The average Bonchev–Trinajstić information content (AvgIpc) is 1.75. The third kappa shape index (κ3) is 14.3. The van der Waals surface area contributed by atoms with Crippen molar-refractivity contribution >= 4 is 98.1 Å². The van der Waals surface area contributed by atoms with Gasteiger partial charge in [-0.3, -0.25) is 0 Å². The van der Waals surface area contributed by atoms with Gasteiger partial charge in [0.25, 0.3) is 0 Å². The number of para-hydroxylation sites is 3. The van der Waals surface area contributed by atoms with Crippen LogP contribution in [0.1, 0.15) is 0 Å². The number of furan rings is 3. The van der Waals surface area contributed by atoms with Crippen LogP contribution in [-0.4, -0.2) is 44.9 Å². The van der Waals surface area contributed by atoms with Crippen molar-refractivity contribution in [2.75, 3.05) is 0 Å². The molecular formula is C111H69N9O3. The van der Waals surface area contributed by atoms with Crippen molar-refractivity contribution in [2.24, 2.45) is 0 Å². The molecule has 6 aromatic heterocycles. The number of rotatable bonds is 12. The number of nitrogens with zero attached hydrogens (tertiary/aromatic N) is 9. The summed E-state index contributed by atoms with van der Waals surface area (Å²) in [6.07, 6.45) is 0. The van der Waals surface area contributed by atoms with Crippen LogP contribution in [-0.2, 0) is 0 Å². The Morgan fingerprint density at radius 1 is 0.130 bits per heavy atom. The minimum absolute atomic E-state index is 0.634. The Kier molecular flexibility index (Phi) is 18.6. The molecule has 0 radical (unpaired) electrons. The second-order valence-electron chi connectivity index (χ2n) is 30.3. The minimum Gasteiger partial charge on any atom is -0.456 e. The molecule has 24 aromatic rings. The zero-order valence-electron chi connectivity index (χ0n) is 66.1. The van der Waals surface area contributed by atoms with E-state index in [-0.39, 0.29) is 0 Å². The van der Waals surface area contributed by atoms with E-state index < -0.39 is 0 Å². The average molecular weight is 1580 g/mol. The van der Waals surface area contributed by atoms with Gasteiger partial charge in [0.15, 0.2) is 52.4 Å². The number of fused-ring (bicyclic) bond motifs is 12. The molecule has 576 valence electrons. The van der Waals surface area contributed by atoms with Crippen LogP contribution >= 0.6 is 0 Å². The highest BCUT2D eigenvalue weighted by Crippen LogP contribution is 2.42. The summed E-state index contributed by atoms with van der Waals surface area (Å²) in [5, 5.41) is 13.6. The molecule has 12 heteroatoms. The molecule has 0 N–H and O–H groups in total. The van der Waals surface area contributed by atoms with Crippen molar-refractivity contribution in [1.82, 2.24) is 44.9 Å². The fraction of sp³-hybridized carbons (Fsp3) is 0. The van der Waals surface area contributed by atoms with E-state index >= 15 is 0 Å². The van der Waals surface area contributed by atoms with Gasteiger partial charge in [-0.2, -0.15) is 0 Å². The Morgan fingerprint density at radius 2 is 0.423 bits per heavy atom. The van der Waals surface area contributed by atoms with Crippen LogP contribution in [0.2, 0.25) is 0 Å². The molecule has 0 amide bonds. The maximum Gasteiger partial charge on any atom is 0.164 e. The van der Waals surface area contributed by atoms with Gasteiger partial charge in [-0.25, -0.2) is 44.9 Å². The molecule has 0 spiro atoms. The monoisotopic (exact) mass is 1580 g/mol. The first-order valence-corrected chi connectivity index (χ1v) is 40.9. The van der Waals surface area contributed by atoms with Crippen molar-refractivity contribution in [3.63, 3.8) is 0 Å². The van der Waals surface area contributed by atoms with Crippen molar-refractivity contribution in [1.29, 1.82) is 0 Å². The van der Waals surface area contributed by atoms with E-state index in [4.69, 9.17) is 58.1 Å². The first-order valence-electron chi connectivity index (χ1n) is 40.9. The number of aromatic nitrogens is 9. The number of benzene rings is 18. The van der Waals surface area contributed by atoms with Crippen LogP contribution < -0.4 is 0 Å². The van der Waals surface area contributed by atoms with E-state index in [0.717, 1.165) is 171 Å². The number of hydrogen-bond acceptors (Lipinski definition) is 12. The van der Waals surface area contributed by atoms with Gasteiger partial charge < -0.3 is 13.3 Å². The Balaban J connectivity index is 0.000000110. The molecule has 0 bridgehead atoms. The lowest BCUT2D eigenvalue weighted by Gasteiger charge is -2.13. The van der Waals surface area contributed by atoms with Crippen LogP contribution in [0.3, 0.4) is 0 Å². The molecule has 0 atom stereocenters. The van der Waals surface area contributed by atoms with Crippen LogP contribution in [0.5, 0.6) is 0 Å². The second kappa shape index (κ2) is 31.6. The quantitative estimate of drug-likeness (QED) is 0.114. The smallest absolute Gasteiger partial charge is 0.164 e. The van der Waals surface area contributed by atoms with E-state index in [9.17, 15) is 0 Å². The van der Waals surface area contributed by atoms with E-state index in [1.54, 1.807) is 0 Å². The van der Waals surface area contributed by atoms with Gasteiger partial charge in [0, 0.05) is 82.4 Å². The van der Waals surface area contributed by atoms with Gasteiger partial charge in [0.2, 0.25) is 0 Å². The van der Waals surface area contributed by atoms with Crippen molar-refractivity contribution in [3.05, 3.63) is 419 Å². The summed E-state index contributed by atoms with van der Waals surface area (Å²) in [7, 11) is 0. The predicted octanol–water partition coefficient (Wildman–Crippen LogP) is 28.8. The largest absolute Gasteiger partial charge is 0.456 e. The summed E-state index contributed by atoms with van der Waals surface area (Å²) in [6, 6.07) is 143. The molecule has 0 saturated carbocycles. The lowest BCUT2D eigenvalue weighted by molar-refractivity contribution is 0.668. The molecule has 12 nitrogen and oxygen atoms in total. The van der Waals surface area contributed by atoms with Gasteiger partial charge in [-0.05, 0) is 132 Å². The molecular weight excluding hydrogens is 1510 g/mol. The van der Waals surface area contributed by atoms with Crippen molar-refractivity contribution < 1.29 is 13.3 Å². The minimum atomic E-state index is 0.634. The Labute approximate surface area is 706 Å². The van der Waals surface area contributed by atoms with Gasteiger partial charge in [0.1, 0.15) is 33.5 Å². The summed E-state index contributed by atoms with van der Waals surface area (Å²) in [5.74, 6) is 5.85. The first kappa shape index (κ1) is 72.6. The molecule has 0 saturated heterocycles. The van der Waals surface area contributed by atoms with E-state index in [2.05, 4.69) is 237 Å². The highest BCUT2D eigenvalue weighted by Gasteiger charge is 2.21. The van der Waals surface area contributed by atoms with Crippen LogP contribution in [0.4, 0.5) is 0 Å². The summed E-state index contributed by atoms with van der Waals surface area (Å²) in [5.41, 5.74) is 20.7. The summed E-state index contributed by atoms with van der Waals surface area (Å²) >= 11 is 0. The van der Waals surface area contributed by atoms with Crippen molar-refractivity contribution in [2.45, 2.75) is 0 Å². The fourth-order valence-corrected chi connectivity index (χ4v) is 16.5. The predicted molar refractivity (Wildman–Crippen MR) is 499 cm³/mol. The van der Waals surface area contributed by atoms with E-state index in [1.165, 1.54) is 10.8 Å². The number of hydrogen-bond donors (Lipinski definition) is 0. The summed E-state index contributed by atoms with van der Waals surface area (Å²) in [6.45, 7) is 0. The topological polar surface area (TPSA) is 155 Å². The molecule has 24 rings (SSSR count). The molecule has 0 fully saturated rings. The molecule has 6 heterocycles. The standard InChI is InChI=1S/C41H25N3O.C37H23N3O.C33H21N3O/c1-3-10-30-24-32(22-16-26(30)8-1)40-42-39(43-41(44-40)33-23-17-27-9-2-4-11-31(27)25-33)29-20-18-28(19-21-29)34-13-7-15-37-38(34)35-12-5-6-14-36(35)45-37;1-3-11-24(12-4-1)35-38-36(25-13-5-2-6-14-25)40-37(39-35)31-21-20-27(28-15-7-8-16-29(28)31)26-19-22-34-32(23-26)30-17-9-10-18-33(30)41-34;1-3-9-23(10-4-1)31-34-32(24-11-5-2-6-12-24)36-33(35-31)25-17-15-22(16-18-25)26-19-20-30-28(21-26)27-13-7-8-14-29(27)37-30/h1-25H;1-23H;1-21H. The Bertz CT molecular complexity index is 7910. The second-order valence-corrected chi connectivity index (χ2v) is 30.3. The first-order chi connectivity index (χ1) is 60.9. The third-order valence-corrected chi connectivity index (χ3v) is 22.6. The summed E-state index contributed by atoms with van der Waals surface area (Å²) < 4.78 is 18.2. The van der Waals surface area contributed by atoms with E-state index in [1.807, 2.05) is 182 Å². The van der Waals surface area contributed by atoms with Crippen LogP contribution in [0.25, 0.3) is 234 Å². The zero-order chi connectivity index (χ0) is 81.5. The van der Waals surface area contributed by atoms with Crippen LogP contribution in [0.15, 0.2) is 432 Å². The van der Waals surface area contributed by atoms with E-state index in [0.29, 0.717) is 52.4 Å². The van der Waals surface area contributed by atoms with Crippen LogP contribution in [0, 0.1) is 0 Å². The Hall–Kier alpha value is -16.8. The molecule has 0 aliphatic heterocycles. The molecule has 0 aliphatic carbocycles. The Morgan fingerprint density at radius 3 is 0.886 bits per heavy atom. The fourth-order valence-electron chi connectivity index (χ4n) is 16.5. The van der Waals surface area contributed by atoms with Crippen molar-refractivity contribution in [3.8, 4) is 136 Å². The zero-order valence-corrected chi connectivity index (χ0v) is 66.1. The normalized spacial score (nSPS) is 11.4. The summed E-state index contributed by atoms with van der Waals surface area (Å²) in [4.78, 5) is 44.3. The molecule has 0 unspecified atom stereocenters. The highest BCUT2D eigenvalue weighted by atomic mass is 16.3. The van der Waals surface area contributed by atoms with Gasteiger partial charge >= 0.3 is 0 Å². The highest BCUT2D eigenvalue weighted by molar-refractivity contribution is 6.13. The van der Waals surface area contributed by atoms with Gasteiger partial charge in [-0.1, -0.05) is 352 Å². The van der Waals surface area contributed by atoms with Gasteiger partial charge in [-0.15, -0.1) is 0 Å². The lowest BCUT2D eigenvalue weighted by Crippen LogP contribution is -2.00. The third-order valence-electron chi connectivity index (χ3n) is 22.6. The van der Waals surface area contributed by atoms with Gasteiger partial charge in [0.05, 0.1) is 0 Å². The molecule has 123 heavy (non-hydrogen) atoms. The SMILES string of the molecule is c1ccc(-c2nc(-c3ccccc3)nc(-c3ccc(-c4ccc5oc6ccccc6c5c4)c4ccccc34)n2)cc1.c1ccc(-c2nc(-c3ccccc3)nc(-c3ccc(-c4ccc5oc6ccccc6c5c4)cc3)n2)cc1.c1ccc2cc(-c3nc(-c4ccc(-c5cccc6oc7ccccc7c56)cc4)nc(-c4ccc5ccccc5c4)n3)ccc2c1. The molecule has 18 aromatic carbocycles.